The number of fused-ring (bicyclic) bond motifs is 1. The second-order valence-electron chi connectivity index (χ2n) is 6.60. The molecule has 0 N–H and O–H groups in total. The first-order chi connectivity index (χ1) is 12.7. The topological polar surface area (TPSA) is 57.7 Å². The molecular weight excluding hydrogens is 374 g/mol. The lowest BCUT2D eigenvalue weighted by Crippen LogP contribution is -2.39. The molecule has 0 aliphatic carbocycles. The number of benzene rings is 2. The van der Waals surface area contributed by atoms with Crippen molar-refractivity contribution < 1.29 is 22.0 Å². The number of anilines is 2. The largest absolute Gasteiger partial charge is 0.309 e. The maximum Gasteiger partial charge on any atom is 0.232 e. The summed E-state index contributed by atoms with van der Waals surface area (Å²) in [6.45, 7) is 1.56. The van der Waals surface area contributed by atoms with Crippen molar-refractivity contribution in [3.63, 3.8) is 0 Å². The number of hydrogen-bond donors (Lipinski definition) is 0. The second kappa shape index (κ2) is 7.26. The lowest BCUT2D eigenvalue weighted by molar-refractivity contribution is -0.118. The molecule has 8 heteroatoms. The van der Waals surface area contributed by atoms with Crippen molar-refractivity contribution in [3.05, 3.63) is 59.7 Å². The van der Waals surface area contributed by atoms with Crippen LogP contribution in [0.25, 0.3) is 0 Å². The van der Waals surface area contributed by atoms with Gasteiger partial charge in [-0.25, -0.2) is 17.2 Å². The summed E-state index contributed by atoms with van der Waals surface area (Å²) >= 11 is 0. The van der Waals surface area contributed by atoms with Crippen molar-refractivity contribution >= 4 is 27.3 Å². The van der Waals surface area contributed by atoms with Crippen LogP contribution in [0.3, 0.4) is 0 Å². The Labute approximate surface area is 157 Å². The molecule has 3 rings (SSSR count). The summed E-state index contributed by atoms with van der Waals surface area (Å²) in [7, 11) is -3.97. The van der Waals surface area contributed by atoms with Crippen molar-refractivity contribution in [1.29, 1.82) is 0 Å². The fourth-order valence-corrected chi connectivity index (χ4v) is 4.36. The predicted octanol–water partition coefficient (Wildman–Crippen LogP) is 3.10. The first kappa shape index (κ1) is 19.3. The third kappa shape index (κ3) is 3.80. The Morgan fingerprint density at radius 3 is 2.41 bits per heavy atom. The van der Waals surface area contributed by atoms with Crippen molar-refractivity contribution in [2.75, 3.05) is 22.0 Å². The van der Waals surface area contributed by atoms with E-state index in [4.69, 9.17) is 0 Å². The van der Waals surface area contributed by atoms with Crippen molar-refractivity contribution in [2.45, 2.75) is 25.8 Å². The summed E-state index contributed by atoms with van der Waals surface area (Å²) in [5, 5.41) is 0. The molecule has 5 nitrogen and oxygen atoms in total. The standard InChI is InChI=1S/C19H20F2N2O3S/c1-13-12-14-6-3-4-9-17(14)23(13)18(24)10-11-22(27(2,25)26)19-15(20)7-5-8-16(19)21/h3-9,13H,10-12H2,1-2H3. The van der Waals surface area contributed by atoms with Gasteiger partial charge in [-0.15, -0.1) is 0 Å². The lowest BCUT2D eigenvalue weighted by Gasteiger charge is -2.26. The summed E-state index contributed by atoms with van der Waals surface area (Å²) in [6.07, 6.45) is 1.37. The molecule has 1 heterocycles. The van der Waals surface area contributed by atoms with E-state index < -0.39 is 27.3 Å². The molecular formula is C19H20F2N2O3S. The third-order valence-corrected chi connectivity index (χ3v) is 5.76. The van der Waals surface area contributed by atoms with Gasteiger partial charge in [-0.3, -0.25) is 9.10 Å². The van der Waals surface area contributed by atoms with Crippen LogP contribution in [0.2, 0.25) is 0 Å². The van der Waals surface area contributed by atoms with Gasteiger partial charge < -0.3 is 4.90 Å². The Hall–Kier alpha value is -2.48. The molecule has 1 amide bonds. The number of sulfonamides is 1. The Balaban J connectivity index is 1.84. The fraction of sp³-hybridized carbons (Fsp3) is 0.316. The summed E-state index contributed by atoms with van der Waals surface area (Å²) in [4.78, 5) is 14.4. The van der Waals surface area contributed by atoms with E-state index in [1.165, 1.54) is 0 Å². The SMILES string of the molecule is CC1Cc2ccccc2N1C(=O)CCN(c1c(F)cccc1F)S(C)(=O)=O. The molecule has 1 unspecified atom stereocenters. The zero-order chi connectivity index (χ0) is 19.8. The van der Waals surface area contributed by atoms with Crippen LogP contribution in [0.15, 0.2) is 42.5 Å². The van der Waals surface area contributed by atoms with Gasteiger partial charge in [0.1, 0.15) is 5.69 Å². The summed E-state index contributed by atoms with van der Waals surface area (Å²) in [5.74, 6) is -2.28. The number of halogens is 2. The van der Waals surface area contributed by atoms with E-state index in [1.54, 1.807) is 4.90 Å². The van der Waals surface area contributed by atoms with E-state index >= 15 is 0 Å². The second-order valence-corrected chi connectivity index (χ2v) is 8.51. The normalized spacial score (nSPS) is 16.3. The van der Waals surface area contributed by atoms with E-state index in [0.29, 0.717) is 10.7 Å². The maximum absolute atomic E-state index is 14.1. The van der Waals surface area contributed by atoms with Crippen LogP contribution in [-0.4, -0.2) is 33.2 Å². The molecule has 0 aromatic heterocycles. The molecule has 1 aliphatic rings. The number of hydrogen-bond acceptors (Lipinski definition) is 3. The van der Waals surface area contributed by atoms with Crippen LogP contribution in [-0.2, 0) is 21.2 Å². The highest BCUT2D eigenvalue weighted by Crippen LogP contribution is 2.32. The maximum atomic E-state index is 14.1. The first-order valence-electron chi connectivity index (χ1n) is 8.52. The molecule has 0 radical (unpaired) electrons. The Morgan fingerprint density at radius 1 is 1.15 bits per heavy atom. The van der Waals surface area contributed by atoms with Crippen molar-refractivity contribution in [3.8, 4) is 0 Å². The summed E-state index contributed by atoms with van der Waals surface area (Å²) in [6, 6.07) is 10.6. The summed E-state index contributed by atoms with van der Waals surface area (Å²) < 4.78 is 53.0. The van der Waals surface area contributed by atoms with Gasteiger partial charge in [0.25, 0.3) is 0 Å². The molecule has 27 heavy (non-hydrogen) atoms. The molecule has 0 spiro atoms. The minimum Gasteiger partial charge on any atom is -0.309 e. The number of nitrogens with zero attached hydrogens (tertiary/aromatic N) is 2. The predicted molar refractivity (Wildman–Crippen MR) is 100 cm³/mol. The van der Waals surface area contributed by atoms with E-state index in [2.05, 4.69) is 0 Å². The van der Waals surface area contributed by atoms with Crippen LogP contribution in [0.1, 0.15) is 18.9 Å². The van der Waals surface area contributed by atoms with Gasteiger partial charge in [0.15, 0.2) is 11.6 Å². The molecule has 144 valence electrons. The zero-order valence-corrected chi connectivity index (χ0v) is 15.8. The number of para-hydroxylation sites is 2. The molecule has 0 saturated carbocycles. The van der Waals surface area contributed by atoms with Gasteiger partial charge in [0.2, 0.25) is 15.9 Å². The zero-order valence-electron chi connectivity index (χ0n) is 15.0. The van der Waals surface area contributed by atoms with Gasteiger partial charge in [-0.2, -0.15) is 0 Å². The number of carbonyl (C=O) groups excluding carboxylic acids is 1. The minimum absolute atomic E-state index is 0.0632. The van der Waals surface area contributed by atoms with Gasteiger partial charge in [-0.05, 0) is 37.1 Å². The van der Waals surface area contributed by atoms with E-state index in [9.17, 15) is 22.0 Å². The molecule has 0 fully saturated rings. The van der Waals surface area contributed by atoms with Gasteiger partial charge >= 0.3 is 0 Å². The average Bonchev–Trinajstić information content (AvgIpc) is 2.91. The Morgan fingerprint density at radius 2 is 1.78 bits per heavy atom. The molecule has 0 saturated heterocycles. The number of rotatable bonds is 5. The van der Waals surface area contributed by atoms with E-state index in [1.807, 2.05) is 31.2 Å². The van der Waals surface area contributed by atoms with Crippen LogP contribution >= 0.6 is 0 Å². The smallest absolute Gasteiger partial charge is 0.232 e. The van der Waals surface area contributed by atoms with Crippen LogP contribution in [0, 0.1) is 11.6 Å². The van der Waals surface area contributed by atoms with E-state index in [-0.39, 0.29) is 24.9 Å². The van der Waals surface area contributed by atoms with Crippen LogP contribution < -0.4 is 9.21 Å². The lowest BCUT2D eigenvalue weighted by atomic mass is 10.1. The Bertz CT molecular complexity index is 958. The highest BCUT2D eigenvalue weighted by Gasteiger charge is 2.32. The summed E-state index contributed by atoms with van der Waals surface area (Å²) in [5.41, 5.74) is 1.17. The number of carbonyl (C=O) groups is 1. The average molecular weight is 394 g/mol. The monoisotopic (exact) mass is 394 g/mol. The first-order valence-corrected chi connectivity index (χ1v) is 10.4. The molecule has 2 aromatic carbocycles. The quantitative estimate of drug-likeness (QED) is 0.783. The van der Waals surface area contributed by atoms with Crippen LogP contribution in [0.5, 0.6) is 0 Å². The van der Waals surface area contributed by atoms with Gasteiger partial charge in [0.05, 0.1) is 6.26 Å². The Kier molecular flexibility index (Phi) is 5.19. The third-order valence-electron chi connectivity index (χ3n) is 4.59. The van der Waals surface area contributed by atoms with Crippen molar-refractivity contribution in [1.82, 2.24) is 0 Å². The van der Waals surface area contributed by atoms with Gasteiger partial charge in [0, 0.05) is 24.7 Å². The van der Waals surface area contributed by atoms with Gasteiger partial charge in [-0.1, -0.05) is 24.3 Å². The minimum atomic E-state index is -3.97. The van der Waals surface area contributed by atoms with Crippen molar-refractivity contribution in [2.24, 2.45) is 0 Å². The molecule has 1 aliphatic heterocycles. The molecule has 1 atom stereocenters. The molecule has 2 aromatic rings. The number of amides is 1. The van der Waals surface area contributed by atoms with Crippen LogP contribution in [0.4, 0.5) is 20.2 Å². The fourth-order valence-electron chi connectivity index (χ4n) is 3.43. The highest BCUT2D eigenvalue weighted by molar-refractivity contribution is 7.92. The highest BCUT2D eigenvalue weighted by atomic mass is 32.2. The van der Waals surface area contributed by atoms with E-state index in [0.717, 1.165) is 35.7 Å². The molecule has 0 bridgehead atoms.